The third-order valence-corrected chi connectivity index (χ3v) is 7.64. The van der Waals surface area contributed by atoms with Gasteiger partial charge in [-0.25, -0.2) is 8.42 Å². The van der Waals surface area contributed by atoms with Crippen LogP contribution in [-0.2, 0) is 27.7 Å². The topological polar surface area (TPSA) is 79.8 Å². The van der Waals surface area contributed by atoms with Crippen molar-refractivity contribution in [3.05, 3.63) is 59.4 Å². The summed E-state index contributed by atoms with van der Waals surface area (Å²) in [5, 5.41) is 0. The summed E-state index contributed by atoms with van der Waals surface area (Å²) < 4.78 is 33.1. The van der Waals surface area contributed by atoms with E-state index in [2.05, 4.69) is 4.98 Å². The number of carbonyl (C=O) groups is 1. The molecule has 1 atom stereocenters. The van der Waals surface area contributed by atoms with E-state index in [0.717, 1.165) is 24.0 Å². The predicted octanol–water partition coefficient (Wildman–Crippen LogP) is 2.08. The first-order valence-corrected chi connectivity index (χ1v) is 11.3. The number of benzene rings is 1. The van der Waals surface area contributed by atoms with Crippen LogP contribution in [0.25, 0.3) is 0 Å². The highest BCUT2D eigenvalue weighted by Gasteiger charge is 2.35. The van der Waals surface area contributed by atoms with Gasteiger partial charge >= 0.3 is 0 Å². The number of rotatable bonds is 5. The largest absolute Gasteiger partial charge is 0.383 e. The molecule has 1 aromatic carbocycles. The molecule has 2 aromatic rings. The van der Waals surface area contributed by atoms with Crippen LogP contribution in [0.3, 0.4) is 0 Å². The van der Waals surface area contributed by atoms with Gasteiger partial charge in [0.1, 0.15) is 0 Å². The van der Waals surface area contributed by atoms with Crippen molar-refractivity contribution in [2.75, 3.05) is 26.8 Å². The van der Waals surface area contributed by atoms with Crippen molar-refractivity contribution in [3.8, 4) is 0 Å². The second-order valence-corrected chi connectivity index (χ2v) is 9.40. The Hall–Kier alpha value is -2.29. The molecule has 1 amide bonds. The number of amides is 1. The zero-order chi connectivity index (χ0) is 20.4. The van der Waals surface area contributed by atoms with Gasteiger partial charge in [-0.3, -0.25) is 9.78 Å². The van der Waals surface area contributed by atoms with E-state index in [1.165, 1.54) is 0 Å². The highest BCUT2D eigenvalue weighted by molar-refractivity contribution is 7.89. The number of fused-ring (bicyclic) bond motifs is 1. The monoisotopic (exact) mass is 415 g/mol. The first kappa shape index (κ1) is 20.0. The van der Waals surface area contributed by atoms with Gasteiger partial charge in [-0.15, -0.1) is 0 Å². The molecule has 4 rings (SSSR count). The summed E-state index contributed by atoms with van der Waals surface area (Å²) in [4.78, 5) is 18.8. The molecule has 7 nitrogen and oxygen atoms in total. The number of aromatic nitrogens is 1. The van der Waals surface area contributed by atoms with Crippen LogP contribution >= 0.6 is 0 Å². The number of ether oxygens (including phenoxy) is 1. The fraction of sp³-hybridized carbons (Fsp3) is 0.429. The summed E-state index contributed by atoms with van der Waals surface area (Å²) in [6.07, 6.45) is 5.53. The molecule has 2 aliphatic rings. The second-order valence-electron chi connectivity index (χ2n) is 7.51. The maximum Gasteiger partial charge on any atom is 0.254 e. The Balaban J connectivity index is 1.54. The molecule has 154 valence electrons. The summed E-state index contributed by atoms with van der Waals surface area (Å²) in [5.41, 5.74) is 2.60. The van der Waals surface area contributed by atoms with Crippen molar-refractivity contribution in [3.63, 3.8) is 0 Å². The number of nitrogens with zero attached hydrogens (tertiary/aromatic N) is 3. The molecule has 1 saturated heterocycles. The molecule has 0 aliphatic carbocycles. The van der Waals surface area contributed by atoms with Crippen molar-refractivity contribution in [1.82, 2.24) is 14.2 Å². The predicted molar refractivity (Wildman–Crippen MR) is 108 cm³/mol. The SMILES string of the molecule is COC[C@H]1CCCN1S(=O)(=O)c1ccc2c(c1)CCN(C(=O)c1ccncc1)C2. The average molecular weight is 416 g/mol. The van der Waals surface area contributed by atoms with Crippen molar-refractivity contribution < 1.29 is 17.9 Å². The molecule has 0 N–H and O–H groups in total. The van der Waals surface area contributed by atoms with E-state index in [9.17, 15) is 13.2 Å². The normalized spacial score (nSPS) is 19.9. The molecule has 8 heteroatoms. The number of sulfonamides is 1. The minimum absolute atomic E-state index is 0.0331. The smallest absolute Gasteiger partial charge is 0.254 e. The number of pyridine rings is 1. The molecule has 0 spiro atoms. The first-order valence-electron chi connectivity index (χ1n) is 9.82. The van der Waals surface area contributed by atoms with Gasteiger partial charge in [-0.05, 0) is 54.7 Å². The number of carbonyl (C=O) groups excluding carboxylic acids is 1. The minimum atomic E-state index is -3.55. The van der Waals surface area contributed by atoms with E-state index >= 15 is 0 Å². The summed E-state index contributed by atoms with van der Waals surface area (Å²) in [6.45, 7) is 1.98. The minimum Gasteiger partial charge on any atom is -0.383 e. The van der Waals surface area contributed by atoms with E-state index in [1.54, 1.807) is 53.0 Å². The number of hydrogen-bond donors (Lipinski definition) is 0. The molecule has 0 saturated carbocycles. The Kier molecular flexibility index (Phi) is 5.67. The van der Waals surface area contributed by atoms with Crippen LogP contribution in [0, 0.1) is 0 Å². The van der Waals surface area contributed by atoms with Gasteiger partial charge in [0.25, 0.3) is 5.91 Å². The van der Waals surface area contributed by atoms with Crippen molar-refractivity contribution in [1.29, 1.82) is 0 Å². The van der Waals surface area contributed by atoms with Crippen LogP contribution in [0.15, 0.2) is 47.6 Å². The van der Waals surface area contributed by atoms with Gasteiger partial charge < -0.3 is 9.64 Å². The quantitative estimate of drug-likeness (QED) is 0.747. The molecule has 2 aliphatic heterocycles. The van der Waals surface area contributed by atoms with Crippen LogP contribution < -0.4 is 0 Å². The molecule has 3 heterocycles. The Morgan fingerprint density at radius 2 is 1.97 bits per heavy atom. The van der Waals surface area contributed by atoms with Crippen molar-refractivity contribution >= 4 is 15.9 Å². The van der Waals surface area contributed by atoms with Crippen LogP contribution in [0.1, 0.15) is 34.3 Å². The van der Waals surface area contributed by atoms with E-state index < -0.39 is 10.0 Å². The van der Waals surface area contributed by atoms with E-state index in [4.69, 9.17) is 4.74 Å². The van der Waals surface area contributed by atoms with Gasteiger partial charge in [-0.1, -0.05) is 6.07 Å². The Morgan fingerprint density at radius 3 is 2.72 bits per heavy atom. The number of methoxy groups -OCH3 is 1. The van der Waals surface area contributed by atoms with Crippen LogP contribution in [0.4, 0.5) is 0 Å². The zero-order valence-electron chi connectivity index (χ0n) is 16.5. The fourth-order valence-electron chi connectivity index (χ4n) is 4.16. The fourth-order valence-corrected chi connectivity index (χ4v) is 5.89. The second kappa shape index (κ2) is 8.22. The van der Waals surface area contributed by atoms with Gasteiger partial charge in [0.2, 0.25) is 10.0 Å². The van der Waals surface area contributed by atoms with Crippen molar-refractivity contribution in [2.24, 2.45) is 0 Å². The van der Waals surface area contributed by atoms with Gasteiger partial charge in [0, 0.05) is 50.7 Å². The molecule has 0 bridgehead atoms. The maximum absolute atomic E-state index is 13.2. The molecule has 0 radical (unpaired) electrons. The lowest BCUT2D eigenvalue weighted by atomic mass is 9.99. The van der Waals surface area contributed by atoms with E-state index in [0.29, 0.717) is 43.1 Å². The van der Waals surface area contributed by atoms with E-state index in [1.807, 2.05) is 6.07 Å². The first-order chi connectivity index (χ1) is 14.0. The highest BCUT2D eigenvalue weighted by atomic mass is 32.2. The molecular weight excluding hydrogens is 390 g/mol. The summed E-state index contributed by atoms with van der Waals surface area (Å²) in [5.74, 6) is -0.0331. The summed E-state index contributed by atoms with van der Waals surface area (Å²) in [6, 6.07) is 8.60. The maximum atomic E-state index is 13.2. The average Bonchev–Trinajstić information content (AvgIpc) is 3.22. The Bertz CT molecular complexity index is 994. The summed E-state index contributed by atoms with van der Waals surface area (Å²) in [7, 11) is -1.95. The van der Waals surface area contributed by atoms with Crippen LogP contribution in [-0.4, -0.2) is 61.4 Å². The van der Waals surface area contributed by atoms with E-state index in [-0.39, 0.29) is 11.9 Å². The molecule has 1 aromatic heterocycles. The molecule has 1 fully saturated rings. The number of hydrogen-bond acceptors (Lipinski definition) is 5. The lowest BCUT2D eigenvalue weighted by Gasteiger charge is -2.30. The van der Waals surface area contributed by atoms with Crippen molar-refractivity contribution in [2.45, 2.75) is 36.7 Å². The third kappa shape index (κ3) is 3.92. The Labute approximate surface area is 171 Å². The van der Waals surface area contributed by atoms with Gasteiger partial charge in [0.15, 0.2) is 0 Å². The summed E-state index contributed by atoms with van der Waals surface area (Å²) >= 11 is 0. The van der Waals surface area contributed by atoms with Crippen LogP contribution in [0.5, 0.6) is 0 Å². The lowest BCUT2D eigenvalue weighted by molar-refractivity contribution is 0.0734. The Morgan fingerprint density at radius 1 is 1.17 bits per heavy atom. The highest BCUT2D eigenvalue weighted by Crippen LogP contribution is 2.29. The zero-order valence-corrected chi connectivity index (χ0v) is 17.3. The molecular formula is C21H25N3O4S. The van der Waals surface area contributed by atoms with Gasteiger partial charge in [0.05, 0.1) is 11.5 Å². The lowest BCUT2D eigenvalue weighted by Crippen LogP contribution is -2.38. The molecule has 29 heavy (non-hydrogen) atoms. The molecule has 0 unspecified atom stereocenters. The van der Waals surface area contributed by atoms with Gasteiger partial charge in [-0.2, -0.15) is 4.31 Å². The standard InChI is InChI=1S/C21H25N3O4S/c1-28-15-19-3-2-11-24(19)29(26,27)20-5-4-18-14-23(12-8-17(18)13-20)21(25)16-6-9-22-10-7-16/h4-7,9-10,13,19H,2-3,8,11-12,14-15H2,1H3/t19-/m1/s1. The third-order valence-electron chi connectivity index (χ3n) is 5.69. The van der Waals surface area contributed by atoms with Crippen LogP contribution in [0.2, 0.25) is 0 Å².